The molecule has 0 bridgehead atoms. The molecule has 3 N–H and O–H groups in total. The van der Waals surface area contributed by atoms with Crippen molar-refractivity contribution in [3.8, 4) is 0 Å². The maximum atomic E-state index is 11.1. The third-order valence-corrected chi connectivity index (χ3v) is 3.22. The molecule has 0 aromatic heterocycles. The van der Waals surface area contributed by atoms with Crippen molar-refractivity contribution in [3.63, 3.8) is 0 Å². The third-order valence-electron chi connectivity index (χ3n) is 3.22. The molecule has 1 aromatic carbocycles. The molecule has 1 heterocycles. The number of benzene rings is 1. The van der Waals surface area contributed by atoms with Crippen molar-refractivity contribution in [2.75, 3.05) is 13.1 Å². The third kappa shape index (κ3) is 2.84. The summed E-state index contributed by atoms with van der Waals surface area (Å²) in [6.07, 6.45) is 2.03. The summed E-state index contributed by atoms with van der Waals surface area (Å²) in [6, 6.07) is 6.87. The van der Waals surface area contributed by atoms with Crippen molar-refractivity contribution in [3.05, 3.63) is 35.4 Å². The molecule has 1 aliphatic heterocycles. The van der Waals surface area contributed by atoms with E-state index in [-0.39, 0.29) is 5.56 Å². The summed E-state index contributed by atoms with van der Waals surface area (Å²) in [5.41, 5.74) is 0.168. The van der Waals surface area contributed by atoms with E-state index in [4.69, 9.17) is 5.11 Å². The fourth-order valence-electron chi connectivity index (χ4n) is 2.34. The molecule has 0 radical (unpaired) electrons. The Bertz CT molecular complexity index is 411. The molecule has 1 aliphatic rings. The number of nitrogens with one attached hydrogen (secondary N) is 1. The smallest absolute Gasteiger partial charge is 0.335 e. The number of β-amino-alcohol motifs (C(OH)–C–C–N with tert-alkyl or cyclic N) is 1. The van der Waals surface area contributed by atoms with Gasteiger partial charge < -0.3 is 15.5 Å². The lowest BCUT2D eigenvalue weighted by molar-refractivity contribution is 0.0167. The van der Waals surface area contributed by atoms with E-state index in [2.05, 4.69) is 5.32 Å². The molecule has 4 nitrogen and oxygen atoms in total. The van der Waals surface area contributed by atoms with Gasteiger partial charge in [0.1, 0.15) is 0 Å². The van der Waals surface area contributed by atoms with Crippen LogP contribution < -0.4 is 5.32 Å². The van der Waals surface area contributed by atoms with Gasteiger partial charge in [-0.05, 0) is 31.0 Å². The van der Waals surface area contributed by atoms with E-state index >= 15 is 0 Å². The molecule has 17 heavy (non-hydrogen) atoms. The van der Waals surface area contributed by atoms with Crippen LogP contribution in [0.4, 0.5) is 0 Å². The van der Waals surface area contributed by atoms with Crippen molar-refractivity contribution in [2.45, 2.75) is 24.9 Å². The van der Waals surface area contributed by atoms with Crippen LogP contribution in [0.5, 0.6) is 0 Å². The average molecular weight is 235 g/mol. The number of hydrogen-bond donors (Lipinski definition) is 3. The van der Waals surface area contributed by atoms with E-state index in [1.807, 2.05) is 0 Å². The zero-order chi connectivity index (χ0) is 12.3. The van der Waals surface area contributed by atoms with Crippen LogP contribution in [-0.4, -0.2) is 34.9 Å². The first-order chi connectivity index (χ1) is 8.11. The molecule has 0 spiro atoms. The van der Waals surface area contributed by atoms with Crippen molar-refractivity contribution in [2.24, 2.45) is 0 Å². The first-order valence-electron chi connectivity index (χ1n) is 5.85. The number of piperidine rings is 1. The molecule has 1 unspecified atom stereocenters. The van der Waals surface area contributed by atoms with Gasteiger partial charge in [0.25, 0.3) is 0 Å². The molecule has 2 rings (SSSR count). The molecule has 0 aliphatic carbocycles. The van der Waals surface area contributed by atoms with Gasteiger partial charge in [-0.3, -0.25) is 0 Å². The predicted octanol–water partition coefficient (Wildman–Crippen LogP) is 1.04. The summed E-state index contributed by atoms with van der Waals surface area (Å²) in [7, 11) is 0. The van der Waals surface area contributed by atoms with Gasteiger partial charge in [0.2, 0.25) is 0 Å². The Morgan fingerprint density at radius 1 is 1.41 bits per heavy atom. The van der Waals surface area contributed by atoms with Crippen LogP contribution in [0.25, 0.3) is 0 Å². The summed E-state index contributed by atoms with van der Waals surface area (Å²) in [5, 5.41) is 22.6. The second kappa shape index (κ2) is 4.85. The molecule has 4 heteroatoms. The lowest BCUT2D eigenvalue weighted by Crippen LogP contribution is -2.47. The van der Waals surface area contributed by atoms with Crippen LogP contribution in [0, 0.1) is 0 Å². The zero-order valence-corrected chi connectivity index (χ0v) is 9.65. The van der Waals surface area contributed by atoms with Crippen LogP contribution in [0.1, 0.15) is 28.8 Å². The Balaban J connectivity index is 2.20. The standard InChI is InChI=1S/C13H17NO3/c15-12(16)11-5-2-1-4-10(11)8-13(17)6-3-7-14-9-13/h1-2,4-5,14,17H,3,6-9H2,(H,15,16). The molecular formula is C13H17NO3. The topological polar surface area (TPSA) is 69.6 Å². The molecule has 1 fully saturated rings. The Morgan fingerprint density at radius 2 is 2.18 bits per heavy atom. The van der Waals surface area contributed by atoms with Gasteiger partial charge in [-0.2, -0.15) is 0 Å². The number of aromatic carboxylic acids is 1. The van der Waals surface area contributed by atoms with Crippen LogP contribution in [0.15, 0.2) is 24.3 Å². The molecule has 0 saturated carbocycles. The van der Waals surface area contributed by atoms with Gasteiger partial charge in [-0.15, -0.1) is 0 Å². The second-order valence-electron chi connectivity index (χ2n) is 4.64. The van der Waals surface area contributed by atoms with Crippen LogP contribution in [-0.2, 0) is 6.42 Å². The maximum Gasteiger partial charge on any atom is 0.335 e. The van der Waals surface area contributed by atoms with Gasteiger partial charge in [0.05, 0.1) is 11.2 Å². The summed E-state index contributed by atoms with van der Waals surface area (Å²) in [5.74, 6) is -0.937. The molecule has 1 atom stereocenters. The van der Waals surface area contributed by atoms with E-state index in [0.29, 0.717) is 24.9 Å². The van der Waals surface area contributed by atoms with Gasteiger partial charge >= 0.3 is 5.97 Å². The molecule has 92 valence electrons. The maximum absolute atomic E-state index is 11.1. The first kappa shape index (κ1) is 12.1. The van der Waals surface area contributed by atoms with Crippen LogP contribution in [0.3, 0.4) is 0 Å². The second-order valence-corrected chi connectivity index (χ2v) is 4.64. The Morgan fingerprint density at radius 3 is 2.82 bits per heavy atom. The van der Waals surface area contributed by atoms with E-state index < -0.39 is 11.6 Å². The van der Waals surface area contributed by atoms with Crippen molar-refractivity contribution < 1.29 is 15.0 Å². The minimum Gasteiger partial charge on any atom is -0.478 e. The van der Waals surface area contributed by atoms with Crippen molar-refractivity contribution in [1.29, 1.82) is 0 Å². The number of carbonyl (C=O) groups is 1. The highest BCUT2D eigenvalue weighted by Crippen LogP contribution is 2.23. The predicted molar refractivity (Wildman–Crippen MR) is 64.2 cm³/mol. The monoisotopic (exact) mass is 235 g/mol. The highest BCUT2D eigenvalue weighted by atomic mass is 16.4. The fraction of sp³-hybridized carbons (Fsp3) is 0.462. The average Bonchev–Trinajstić information content (AvgIpc) is 2.29. The van der Waals surface area contributed by atoms with Gasteiger partial charge in [-0.1, -0.05) is 18.2 Å². The Labute approximate surface area is 100 Å². The van der Waals surface area contributed by atoms with E-state index in [1.54, 1.807) is 24.3 Å². The quantitative estimate of drug-likeness (QED) is 0.732. The van der Waals surface area contributed by atoms with E-state index in [0.717, 1.165) is 13.0 Å². The van der Waals surface area contributed by atoms with Crippen LogP contribution in [0.2, 0.25) is 0 Å². The highest BCUT2D eigenvalue weighted by molar-refractivity contribution is 5.89. The zero-order valence-electron chi connectivity index (χ0n) is 9.65. The van der Waals surface area contributed by atoms with Gasteiger partial charge in [0, 0.05) is 13.0 Å². The highest BCUT2D eigenvalue weighted by Gasteiger charge is 2.30. The van der Waals surface area contributed by atoms with Gasteiger partial charge in [-0.25, -0.2) is 4.79 Å². The van der Waals surface area contributed by atoms with E-state index in [9.17, 15) is 9.90 Å². The van der Waals surface area contributed by atoms with E-state index in [1.165, 1.54) is 0 Å². The van der Waals surface area contributed by atoms with Crippen molar-refractivity contribution >= 4 is 5.97 Å². The number of aliphatic hydroxyl groups is 1. The summed E-state index contributed by atoms with van der Waals surface area (Å²) in [6.45, 7) is 1.45. The van der Waals surface area contributed by atoms with Crippen LogP contribution >= 0.6 is 0 Å². The number of carboxylic acids is 1. The Hall–Kier alpha value is -1.39. The molecule has 0 amide bonds. The summed E-state index contributed by atoms with van der Waals surface area (Å²) < 4.78 is 0. The fourth-order valence-corrected chi connectivity index (χ4v) is 2.34. The van der Waals surface area contributed by atoms with Gasteiger partial charge in [0.15, 0.2) is 0 Å². The minimum atomic E-state index is -0.937. The molecule has 1 aromatic rings. The summed E-state index contributed by atoms with van der Waals surface area (Å²) in [4.78, 5) is 11.1. The Kier molecular flexibility index (Phi) is 3.45. The summed E-state index contributed by atoms with van der Waals surface area (Å²) >= 11 is 0. The lowest BCUT2D eigenvalue weighted by Gasteiger charge is -2.33. The minimum absolute atomic E-state index is 0.284. The van der Waals surface area contributed by atoms with Crippen molar-refractivity contribution in [1.82, 2.24) is 5.32 Å². The number of rotatable bonds is 3. The molecule has 1 saturated heterocycles. The SMILES string of the molecule is O=C(O)c1ccccc1CC1(O)CCCNC1. The largest absolute Gasteiger partial charge is 0.478 e. The number of carboxylic acid groups (broad SMARTS) is 1. The normalized spacial score (nSPS) is 24.5. The molecular weight excluding hydrogens is 218 g/mol. The lowest BCUT2D eigenvalue weighted by atomic mass is 9.86. The number of hydrogen-bond acceptors (Lipinski definition) is 3. The first-order valence-corrected chi connectivity index (χ1v) is 5.85.